The normalized spacial score (nSPS) is 18.1. The second kappa shape index (κ2) is 6.95. The molecule has 1 aromatic heterocycles. The molecule has 0 saturated heterocycles. The third-order valence-corrected chi connectivity index (χ3v) is 6.52. The summed E-state index contributed by atoms with van der Waals surface area (Å²) in [5, 5.41) is 12.2. The van der Waals surface area contributed by atoms with Gasteiger partial charge in [0.25, 0.3) is 0 Å². The lowest BCUT2D eigenvalue weighted by Gasteiger charge is -2.23. The summed E-state index contributed by atoms with van der Waals surface area (Å²) < 4.78 is 4.33. The summed E-state index contributed by atoms with van der Waals surface area (Å²) in [6.45, 7) is 11.4. The Morgan fingerprint density at radius 3 is 2.45 bits per heavy atom. The molecular formula is C27H25N2O2+. The third kappa shape index (κ3) is 2.48. The van der Waals surface area contributed by atoms with Crippen LogP contribution in [-0.4, -0.2) is 32.3 Å². The van der Waals surface area contributed by atoms with Gasteiger partial charge in [0.2, 0.25) is 11.5 Å². The Balaban J connectivity index is 1.77. The van der Waals surface area contributed by atoms with Crippen LogP contribution in [0.2, 0.25) is 0 Å². The van der Waals surface area contributed by atoms with Gasteiger partial charge in [-0.1, -0.05) is 36.9 Å². The van der Waals surface area contributed by atoms with Crippen molar-refractivity contribution >= 4 is 39.2 Å². The average molecular weight is 410 g/mol. The van der Waals surface area contributed by atoms with Crippen molar-refractivity contribution in [2.45, 2.75) is 27.3 Å². The first kappa shape index (κ1) is 19.3. The monoisotopic (exact) mass is 409 g/mol. The zero-order chi connectivity index (χ0) is 21.9. The van der Waals surface area contributed by atoms with Crippen molar-refractivity contribution in [2.75, 3.05) is 6.54 Å². The first-order valence-corrected chi connectivity index (χ1v) is 10.6. The molecule has 2 aromatic carbocycles. The lowest BCUT2D eigenvalue weighted by molar-refractivity contribution is -0.424. The summed E-state index contributed by atoms with van der Waals surface area (Å²) in [4.78, 5) is 13.5. The van der Waals surface area contributed by atoms with Crippen molar-refractivity contribution in [2.24, 2.45) is 0 Å². The van der Waals surface area contributed by atoms with Crippen LogP contribution in [0, 0.1) is 6.92 Å². The molecule has 0 spiro atoms. The second-order valence-corrected chi connectivity index (χ2v) is 8.03. The SMILES string of the molecule is C=CC[N+]1=C(C)C(=C2C(=O)C(c3c(C)n(CC)c4ccccc34)=C2O)c2ccccc21. The van der Waals surface area contributed by atoms with E-state index in [-0.39, 0.29) is 11.5 Å². The molecule has 31 heavy (non-hydrogen) atoms. The van der Waals surface area contributed by atoms with Crippen molar-refractivity contribution in [3.05, 3.63) is 89.3 Å². The molecule has 2 aliphatic rings. The predicted molar refractivity (Wildman–Crippen MR) is 126 cm³/mol. The summed E-state index contributed by atoms with van der Waals surface area (Å²) in [6, 6.07) is 16.1. The molecule has 0 fully saturated rings. The molecule has 154 valence electrons. The molecule has 0 unspecified atom stereocenters. The molecule has 2 heterocycles. The highest BCUT2D eigenvalue weighted by molar-refractivity contribution is 6.47. The van der Waals surface area contributed by atoms with Gasteiger partial charge in [0.15, 0.2) is 12.3 Å². The maximum atomic E-state index is 13.5. The van der Waals surface area contributed by atoms with Crippen LogP contribution in [0.25, 0.3) is 22.0 Å². The smallest absolute Gasteiger partial charge is 0.213 e. The Hall–Kier alpha value is -3.66. The molecule has 0 saturated carbocycles. The van der Waals surface area contributed by atoms with E-state index in [1.165, 1.54) is 0 Å². The van der Waals surface area contributed by atoms with Crippen LogP contribution in [0.15, 0.2) is 72.5 Å². The van der Waals surface area contributed by atoms with Gasteiger partial charge in [0, 0.05) is 41.7 Å². The van der Waals surface area contributed by atoms with Crippen LogP contribution < -0.4 is 0 Å². The van der Waals surface area contributed by atoms with E-state index in [1.54, 1.807) is 0 Å². The van der Waals surface area contributed by atoms with E-state index < -0.39 is 0 Å². The number of para-hydroxylation sites is 2. The van der Waals surface area contributed by atoms with Gasteiger partial charge in [-0.2, -0.15) is 4.58 Å². The number of aliphatic hydroxyl groups is 1. The minimum absolute atomic E-state index is 0.0933. The van der Waals surface area contributed by atoms with Gasteiger partial charge < -0.3 is 9.67 Å². The molecular weight excluding hydrogens is 384 g/mol. The van der Waals surface area contributed by atoms with Gasteiger partial charge in [-0.05, 0) is 32.1 Å². The van der Waals surface area contributed by atoms with Crippen molar-refractivity contribution in [1.82, 2.24) is 4.57 Å². The van der Waals surface area contributed by atoms with E-state index in [9.17, 15) is 9.90 Å². The van der Waals surface area contributed by atoms with Gasteiger partial charge in [0.05, 0.1) is 22.3 Å². The Morgan fingerprint density at radius 2 is 1.74 bits per heavy atom. The van der Waals surface area contributed by atoms with E-state index in [4.69, 9.17) is 0 Å². The number of benzene rings is 2. The average Bonchev–Trinajstić information content (AvgIpc) is 3.21. The van der Waals surface area contributed by atoms with E-state index in [0.29, 0.717) is 17.7 Å². The van der Waals surface area contributed by atoms with Crippen molar-refractivity contribution in [3.63, 3.8) is 0 Å². The zero-order valence-electron chi connectivity index (χ0n) is 18.1. The molecule has 1 aliphatic carbocycles. The fraction of sp³-hybridized carbons (Fsp3) is 0.185. The number of aromatic nitrogens is 1. The number of aliphatic hydroxyl groups excluding tert-OH is 1. The highest BCUT2D eigenvalue weighted by atomic mass is 16.3. The third-order valence-electron chi connectivity index (χ3n) is 6.52. The minimum Gasteiger partial charge on any atom is -0.506 e. The van der Waals surface area contributed by atoms with Crippen molar-refractivity contribution in [1.29, 1.82) is 0 Å². The molecule has 5 rings (SSSR count). The highest BCUT2D eigenvalue weighted by Crippen LogP contribution is 2.47. The number of aryl methyl sites for hydroxylation is 1. The maximum absolute atomic E-state index is 13.5. The molecule has 4 nitrogen and oxygen atoms in total. The number of allylic oxidation sites excluding steroid dienone is 3. The molecule has 0 bridgehead atoms. The number of Topliss-reactive ketones (excluding diaryl/α,β-unsaturated/α-hetero) is 1. The Bertz CT molecular complexity index is 1400. The van der Waals surface area contributed by atoms with Crippen LogP contribution in [-0.2, 0) is 11.3 Å². The van der Waals surface area contributed by atoms with Crippen molar-refractivity contribution in [3.8, 4) is 0 Å². The lowest BCUT2D eigenvalue weighted by atomic mass is 9.78. The number of rotatable bonds is 4. The molecule has 0 atom stereocenters. The standard InChI is InChI=1S/C27H24N2O2/c1-5-15-29-17(4)23(19-12-8-10-14-21(19)29)25-26(30)24(27(25)31)22-16(3)28(6-2)20-13-9-7-11-18(20)22/h5,7-14H,1,6,15H2,2-4H3/p+1. The number of fused-ring (bicyclic) bond motifs is 2. The first-order chi connectivity index (χ1) is 15.0. The summed E-state index contributed by atoms with van der Waals surface area (Å²) in [5.41, 5.74) is 7.56. The van der Waals surface area contributed by atoms with Crippen LogP contribution in [0.5, 0.6) is 0 Å². The molecule has 0 radical (unpaired) electrons. The number of hydrogen-bond donors (Lipinski definition) is 1. The Morgan fingerprint density at radius 1 is 1.03 bits per heavy atom. The zero-order valence-corrected chi connectivity index (χ0v) is 18.1. The van der Waals surface area contributed by atoms with E-state index >= 15 is 0 Å². The highest BCUT2D eigenvalue weighted by Gasteiger charge is 2.44. The number of hydrogen-bond acceptors (Lipinski definition) is 2. The molecule has 3 aromatic rings. The van der Waals surface area contributed by atoms with Crippen LogP contribution in [0.3, 0.4) is 0 Å². The second-order valence-electron chi connectivity index (χ2n) is 8.03. The molecule has 0 amide bonds. The largest absolute Gasteiger partial charge is 0.506 e. The number of carbonyl (C=O) groups excluding carboxylic acids is 1. The minimum atomic E-state index is -0.0933. The van der Waals surface area contributed by atoms with Crippen molar-refractivity contribution < 1.29 is 14.5 Å². The molecule has 1 N–H and O–H groups in total. The van der Waals surface area contributed by atoms with Gasteiger partial charge in [-0.25, -0.2) is 0 Å². The fourth-order valence-corrected chi connectivity index (χ4v) is 5.13. The summed E-state index contributed by atoms with van der Waals surface area (Å²) in [6.07, 6.45) is 1.85. The van der Waals surface area contributed by atoms with Crippen LogP contribution >= 0.6 is 0 Å². The van der Waals surface area contributed by atoms with E-state index in [0.717, 1.165) is 51.2 Å². The van der Waals surface area contributed by atoms with E-state index in [2.05, 4.69) is 28.7 Å². The summed E-state index contributed by atoms with van der Waals surface area (Å²) >= 11 is 0. The number of nitrogens with zero attached hydrogens (tertiary/aromatic N) is 2. The summed E-state index contributed by atoms with van der Waals surface area (Å²) in [7, 11) is 0. The predicted octanol–water partition coefficient (Wildman–Crippen LogP) is 5.58. The lowest BCUT2D eigenvalue weighted by Crippen LogP contribution is -2.24. The Kier molecular flexibility index (Phi) is 4.33. The van der Waals surface area contributed by atoms with E-state index in [1.807, 2.05) is 62.4 Å². The van der Waals surface area contributed by atoms with Gasteiger partial charge in [-0.3, -0.25) is 4.79 Å². The molecule has 4 heteroatoms. The van der Waals surface area contributed by atoms with Crippen LogP contribution in [0.1, 0.15) is 30.7 Å². The van der Waals surface area contributed by atoms with Gasteiger partial charge >= 0.3 is 0 Å². The van der Waals surface area contributed by atoms with Crippen LogP contribution in [0.4, 0.5) is 5.69 Å². The maximum Gasteiger partial charge on any atom is 0.213 e. The quantitative estimate of drug-likeness (QED) is 0.347. The number of carbonyl (C=O) groups is 1. The molecule has 1 aliphatic heterocycles. The first-order valence-electron chi connectivity index (χ1n) is 10.6. The Labute approximate surface area is 181 Å². The topological polar surface area (TPSA) is 45.2 Å². The fourth-order valence-electron chi connectivity index (χ4n) is 5.13. The summed E-state index contributed by atoms with van der Waals surface area (Å²) in [5.74, 6) is 0.000856. The van der Waals surface area contributed by atoms with Gasteiger partial charge in [-0.15, -0.1) is 0 Å². The number of ketones is 1. The van der Waals surface area contributed by atoms with Gasteiger partial charge in [0.1, 0.15) is 5.76 Å².